The maximum Gasteiger partial charge on any atom is 0.204 e. The van der Waals surface area contributed by atoms with Gasteiger partial charge < -0.3 is 0 Å². The molecular weight excluding hydrogens is 174 g/mol. The van der Waals surface area contributed by atoms with E-state index in [1.54, 1.807) is 0 Å². The zero-order valence-corrected chi connectivity index (χ0v) is 6.74. The summed E-state index contributed by atoms with van der Waals surface area (Å²) in [5, 5.41) is 8.34. The lowest BCUT2D eigenvalue weighted by Gasteiger charge is -1.88. The van der Waals surface area contributed by atoms with Gasteiger partial charge in [-0.15, -0.1) is 19.5 Å². The van der Waals surface area contributed by atoms with Crippen molar-refractivity contribution in [2.45, 2.75) is 11.3 Å². The van der Waals surface area contributed by atoms with Crippen LogP contribution >= 0.6 is 23.4 Å². The van der Waals surface area contributed by atoms with Gasteiger partial charge in [-0.3, -0.25) is 0 Å². The molecule has 0 aliphatic carbocycles. The predicted molar refractivity (Wildman–Crippen MR) is 36.9 cm³/mol. The SMILES string of the molecule is Cc1nnc(SOON)s1. The van der Waals surface area contributed by atoms with Crippen molar-refractivity contribution in [2.75, 3.05) is 0 Å². The van der Waals surface area contributed by atoms with Gasteiger partial charge in [0, 0.05) is 0 Å². The van der Waals surface area contributed by atoms with Gasteiger partial charge in [0.25, 0.3) is 0 Å². The van der Waals surface area contributed by atoms with Crippen molar-refractivity contribution >= 4 is 23.4 Å². The minimum Gasteiger partial charge on any atom is -0.182 e. The molecule has 0 aliphatic rings. The lowest BCUT2D eigenvalue weighted by Crippen LogP contribution is -1.93. The van der Waals surface area contributed by atoms with E-state index in [2.05, 4.69) is 25.4 Å². The van der Waals surface area contributed by atoms with E-state index in [4.69, 9.17) is 0 Å². The second-order valence-corrected chi connectivity index (χ2v) is 3.46. The van der Waals surface area contributed by atoms with Gasteiger partial charge in [0.1, 0.15) is 17.1 Å². The zero-order chi connectivity index (χ0) is 7.40. The van der Waals surface area contributed by atoms with Gasteiger partial charge >= 0.3 is 0 Å². The van der Waals surface area contributed by atoms with Crippen LogP contribution in [0.25, 0.3) is 0 Å². The second-order valence-electron chi connectivity index (χ2n) is 1.33. The number of nitrogens with zero attached hydrogens (tertiary/aromatic N) is 2. The molecular formula is C3H5N3O2S2. The number of aryl methyl sites for hydroxylation is 1. The van der Waals surface area contributed by atoms with Crippen LogP contribution in [0.2, 0.25) is 0 Å². The van der Waals surface area contributed by atoms with E-state index in [1.165, 1.54) is 11.3 Å². The highest BCUT2D eigenvalue weighted by molar-refractivity contribution is 7.96. The van der Waals surface area contributed by atoms with Crippen molar-refractivity contribution < 1.29 is 9.32 Å². The van der Waals surface area contributed by atoms with E-state index in [9.17, 15) is 0 Å². The summed E-state index contributed by atoms with van der Waals surface area (Å²) in [4.78, 5) is 3.86. The van der Waals surface area contributed by atoms with Crippen LogP contribution in [-0.4, -0.2) is 10.2 Å². The number of rotatable bonds is 3. The van der Waals surface area contributed by atoms with Crippen molar-refractivity contribution in [3.63, 3.8) is 0 Å². The molecule has 1 rings (SSSR count). The molecule has 1 aromatic heterocycles. The molecule has 1 heterocycles. The molecule has 56 valence electrons. The maximum absolute atomic E-state index is 4.60. The van der Waals surface area contributed by atoms with Crippen molar-refractivity contribution in [3.8, 4) is 0 Å². The first-order valence-electron chi connectivity index (χ1n) is 2.33. The largest absolute Gasteiger partial charge is 0.204 e. The molecule has 0 aliphatic heterocycles. The first-order chi connectivity index (χ1) is 4.83. The van der Waals surface area contributed by atoms with Crippen molar-refractivity contribution in [1.82, 2.24) is 10.2 Å². The van der Waals surface area contributed by atoms with Crippen LogP contribution in [0, 0.1) is 6.92 Å². The van der Waals surface area contributed by atoms with E-state index in [0.717, 1.165) is 17.1 Å². The van der Waals surface area contributed by atoms with Gasteiger partial charge in [0.05, 0.1) is 0 Å². The number of nitrogens with two attached hydrogens (primary N) is 1. The van der Waals surface area contributed by atoms with Gasteiger partial charge in [0.2, 0.25) is 4.34 Å². The van der Waals surface area contributed by atoms with Crippen molar-refractivity contribution in [3.05, 3.63) is 5.01 Å². The molecule has 0 saturated heterocycles. The molecule has 0 saturated carbocycles. The Bertz CT molecular complexity index is 203. The van der Waals surface area contributed by atoms with Gasteiger partial charge in [-0.1, -0.05) is 11.3 Å². The average molecular weight is 179 g/mol. The summed E-state index contributed by atoms with van der Waals surface area (Å²) in [6.07, 6.45) is 0. The predicted octanol–water partition coefficient (Wildman–Crippen LogP) is 0.676. The minimum atomic E-state index is 0.669. The fourth-order valence-corrected chi connectivity index (χ4v) is 1.53. The lowest BCUT2D eigenvalue weighted by atomic mass is 10.9. The number of hydrogen-bond acceptors (Lipinski definition) is 7. The van der Waals surface area contributed by atoms with Crippen LogP contribution < -0.4 is 5.90 Å². The Labute approximate surface area is 65.6 Å². The summed E-state index contributed by atoms with van der Waals surface area (Å²) in [5.74, 6) is 4.60. The van der Waals surface area contributed by atoms with Crippen LogP contribution in [0.1, 0.15) is 5.01 Å². The van der Waals surface area contributed by atoms with Gasteiger partial charge in [0.15, 0.2) is 0 Å². The summed E-state index contributed by atoms with van der Waals surface area (Å²) in [6.45, 7) is 1.85. The third kappa shape index (κ3) is 2.20. The fourth-order valence-electron chi connectivity index (χ4n) is 0.361. The third-order valence-corrected chi connectivity index (χ3v) is 2.11. The van der Waals surface area contributed by atoms with E-state index >= 15 is 0 Å². The topological polar surface area (TPSA) is 70.3 Å². The molecule has 0 spiro atoms. The molecule has 7 heteroatoms. The molecule has 0 radical (unpaired) electrons. The molecule has 0 bridgehead atoms. The molecule has 0 fully saturated rings. The van der Waals surface area contributed by atoms with E-state index in [-0.39, 0.29) is 0 Å². The minimum absolute atomic E-state index is 0.669. The Morgan fingerprint density at radius 2 is 2.40 bits per heavy atom. The van der Waals surface area contributed by atoms with Crippen molar-refractivity contribution in [2.24, 2.45) is 5.90 Å². The maximum atomic E-state index is 4.60. The van der Waals surface area contributed by atoms with Crippen molar-refractivity contribution in [1.29, 1.82) is 0 Å². The quantitative estimate of drug-likeness (QED) is 0.418. The van der Waals surface area contributed by atoms with Crippen LogP contribution in [-0.2, 0) is 9.32 Å². The first-order valence-corrected chi connectivity index (χ1v) is 3.89. The molecule has 0 atom stereocenters. The molecule has 1 aromatic rings. The molecule has 0 unspecified atom stereocenters. The van der Waals surface area contributed by atoms with E-state index in [0.29, 0.717) is 4.34 Å². The van der Waals surface area contributed by atoms with Gasteiger partial charge in [-0.05, 0) is 6.92 Å². The molecule has 0 amide bonds. The Morgan fingerprint density at radius 3 is 2.90 bits per heavy atom. The Morgan fingerprint density at radius 1 is 1.60 bits per heavy atom. The van der Waals surface area contributed by atoms with Crippen LogP contribution in [0.15, 0.2) is 4.34 Å². The normalized spacial score (nSPS) is 10.2. The Hall–Kier alpha value is -0.210. The van der Waals surface area contributed by atoms with Gasteiger partial charge in [-0.25, -0.2) is 0 Å². The number of aromatic nitrogens is 2. The monoisotopic (exact) mass is 179 g/mol. The summed E-state index contributed by atoms with van der Waals surface area (Å²) in [5.41, 5.74) is 0. The van der Waals surface area contributed by atoms with E-state index < -0.39 is 0 Å². The second kappa shape index (κ2) is 3.84. The summed E-state index contributed by atoms with van der Waals surface area (Å²) in [6, 6.07) is 0. The lowest BCUT2D eigenvalue weighted by molar-refractivity contribution is -0.195. The number of hydrogen-bond donors (Lipinski definition) is 1. The van der Waals surface area contributed by atoms with Crippen LogP contribution in [0.4, 0.5) is 0 Å². The summed E-state index contributed by atoms with van der Waals surface area (Å²) in [7, 11) is 0. The van der Waals surface area contributed by atoms with Crippen LogP contribution in [0.3, 0.4) is 0 Å². The average Bonchev–Trinajstić information content (AvgIpc) is 2.31. The fraction of sp³-hybridized carbons (Fsp3) is 0.333. The van der Waals surface area contributed by atoms with Crippen LogP contribution in [0.5, 0.6) is 0 Å². The molecule has 0 aromatic carbocycles. The zero-order valence-electron chi connectivity index (χ0n) is 5.10. The summed E-state index contributed by atoms with van der Waals surface area (Å²) < 4.78 is 5.00. The Balaban J connectivity index is 2.42. The molecule has 2 N–H and O–H groups in total. The highest BCUT2D eigenvalue weighted by Crippen LogP contribution is 2.21. The standard InChI is InChI=1S/C3H5N3O2S2/c1-2-5-6-3(9-2)10-8-7-4/h4H2,1H3. The summed E-state index contributed by atoms with van der Waals surface area (Å²) >= 11 is 2.35. The molecule has 5 nitrogen and oxygen atoms in total. The highest BCUT2D eigenvalue weighted by Gasteiger charge is 2.00. The van der Waals surface area contributed by atoms with Gasteiger partial charge in [-0.2, -0.15) is 5.90 Å². The highest BCUT2D eigenvalue weighted by atomic mass is 32.2. The van der Waals surface area contributed by atoms with E-state index in [1.807, 2.05) is 6.92 Å². The Kier molecular flexibility index (Phi) is 3.03. The first kappa shape index (κ1) is 7.89. The molecule has 10 heavy (non-hydrogen) atoms. The third-order valence-electron chi connectivity index (χ3n) is 0.652. The smallest absolute Gasteiger partial charge is 0.182 e.